The van der Waals surface area contributed by atoms with Gasteiger partial charge in [-0.25, -0.2) is 9.18 Å². The summed E-state index contributed by atoms with van der Waals surface area (Å²) in [6.07, 6.45) is 3.29. The van der Waals surface area contributed by atoms with Crippen molar-refractivity contribution in [1.82, 2.24) is 9.55 Å². The van der Waals surface area contributed by atoms with Crippen LogP contribution >= 0.6 is 0 Å². The van der Waals surface area contributed by atoms with E-state index in [1.165, 1.54) is 38.6 Å². The van der Waals surface area contributed by atoms with Gasteiger partial charge in [-0.3, -0.25) is 19.3 Å². The monoisotopic (exact) mass is 437 g/mol. The number of aryl methyl sites for hydroxylation is 1. The predicted molar refractivity (Wildman–Crippen MR) is 119 cm³/mol. The third-order valence-corrected chi connectivity index (χ3v) is 5.19. The number of H-pyrrole nitrogens is 1. The van der Waals surface area contributed by atoms with Gasteiger partial charge in [0.1, 0.15) is 11.4 Å². The Balaban J connectivity index is 1.67. The first-order chi connectivity index (χ1) is 15.4. The van der Waals surface area contributed by atoms with Crippen LogP contribution in [0.2, 0.25) is 0 Å². The summed E-state index contributed by atoms with van der Waals surface area (Å²) < 4.78 is 25.0. The molecule has 2 N–H and O–H groups in total. The average Bonchev–Trinajstić information content (AvgIpc) is 3.17. The van der Waals surface area contributed by atoms with Crippen LogP contribution in [0.5, 0.6) is 17.4 Å². The number of ether oxygens (including phenoxy) is 2. The summed E-state index contributed by atoms with van der Waals surface area (Å²) in [5.41, 5.74) is 0.867. The third-order valence-electron chi connectivity index (χ3n) is 5.19. The second-order valence-electron chi connectivity index (χ2n) is 7.11. The minimum Gasteiger partial charge on any atom is -0.494 e. The van der Waals surface area contributed by atoms with Gasteiger partial charge in [0, 0.05) is 30.0 Å². The SMILES string of the molecule is COc1ccc(CCn2c(O)c(C=C3C=Nc4cc(F)ccc43)c(=O)[nH]c2=O)cc1OC. The Labute approximate surface area is 181 Å². The molecule has 3 aromatic rings. The maximum atomic E-state index is 13.4. The van der Waals surface area contributed by atoms with Gasteiger partial charge < -0.3 is 14.6 Å². The average molecular weight is 437 g/mol. The molecule has 1 aliphatic heterocycles. The molecular formula is C23H20FN3O5. The lowest BCUT2D eigenvalue weighted by molar-refractivity contribution is 0.354. The molecule has 8 nitrogen and oxygen atoms in total. The van der Waals surface area contributed by atoms with Crippen LogP contribution in [-0.2, 0) is 13.0 Å². The van der Waals surface area contributed by atoms with Crippen molar-refractivity contribution in [3.05, 3.63) is 79.7 Å². The minimum atomic E-state index is -0.730. The van der Waals surface area contributed by atoms with Crippen LogP contribution in [0, 0.1) is 5.82 Å². The van der Waals surface area contributed by atoms with Crippen LogP contribution in [0.4, 0.5) is 10.1 Å². The largest absolute Gasteiger partial charge is 0.494 e. The number of aliphatic imine (C=N–C) groups is 1. The highest BCUT2D eigenvalue weighted by molar-refractivity contribution is 6.21. The summed E-state index contributed by atoms with van der Waals surface area (Å²) in [6, 6.07) is 9.46. The van der Waals surface area contributed by atoms with Crippen LogP contribution in [0.25, 0.3) is 11.6 Å². The second-order valence-corrected chi connectivity index (χ2v) is 7.11. The maximum absolute atomic E-state index is 13.4. The Morgan fingerprint density at radius 3 is 2.66 bits per heavy atom. The minimum absolute atomic E-state index is 0.0875. The van der Waals surface area contributed by atoms with E-state index in [4.69, 9.17) is 9.47 Å². The lowest BCUT2D eigenvalue weighted by Crippen LogP contribution is -2.32. The van der Waals surface area contributed by atoms with Crippen LogP contribution in [0.3, 0.4) is 0 Å². The van der Waals surface area contributed by atoms with Gasteiger partial charge in [-0.15, -0.1) is 0 Å². The van der Waals surface area contributed by atoms with Crippen molar-refractivity contribution in [3.63, 3.8) is 0 Å². The number of hydrogen-bond donors (Lipinski definition) is 2. The van der Waals surface area contributed by atoms with Crippen molar-refractivity contribution < 1.29 is 19.0 Å². The van der Waals surface area contributed by atoms with E-state index < -0.39 is 22.9 Å². The van der Waals surface area contributed by atoms with Gasteiger partial charge in [0.05, 0.1) is 19.9 Å². The zero-order chi connectivity index (χ0) is 22.8. The first-order valence-electron chi connectivity index (χ1n) is 9.74. The zero-order valence-corrected chi connectivity index (χ0v) is 17.4. The third kappa shape index (κ3) is 3.92. The fourth-order valence-electron chi connectivity index (χ4n) is 3.52. The van der Waals surface area contributed by atoms with Crippen molar-refractivity contribution in [2.75, 3.05) is 14.2 Å². The van der Waals surface area contributed by atoms with Gasteiger partial charge in [-0.1, -0.05) is 6.07 Å². The van der Waals surface area contributed by atoms with Crippen LogP contribution in [-0.4, -0.2) is 35.1 Å². The molecular weight excluding hydrogens is 417 g/mol. The van der Waals surface area contributed by atoms with Gasteiger partial charge in [0.15, 0.2) is 11.5 Å². The number of nitrogens with one attached hydrogen (secondary N) is 1. The first-order valence-corrected chi connectivity index (χ1v) is 9.74. The molecule has 9 heteroatoms. The summed E-state index contributed by atoms with van der Waals surface area (Å²) in [5.74, 6) is 0.235. The number of allylic oxidation sites excluding steroid dienone is 1. The summed E-state index contributed by atoms with van der Waals surface area (Å²) in [7, 11) is 3.06. The summed E-state index contributed by atoms with van der Waals surface area (Å²) in [6.45, 7) is 0.114. The van der Waals surface area contributed by atoms with Crippen molar-refractivity contribution in [2.45, 2.75) is 13.0 Å². The lowest BCUT2D eigenvalue weighted by Gasteiger charge is -2.12. The highest BCUT2D eigenvalue weighted by atomic mass is 19.1. The van der Waals surface area contributed by atoms with Crippen molar-refractivity contribution in [3.8, 4) is 17.4 Å². The number of aromatic hydroxyl groups is 1. The number of rotatable bonds is 6. The van der Waals surface area contributed by atoms with E-state index in [2.05, 4.69) is 9.98 Å². The topological polar surface area (TPSA) is 106 Å². The Morgan fingerprint density at radius 1 is 1.12 bits per heavy atom. The maximum Gasteiger partial charge on any atom is 0.331 e. The second kappa shape index (κ2) is 8.54. The van der Waals surface area contributed by atoms with E-state index in [1.54, 1.807) is 18.2 Å². The molecule has 0 fully saturated rings. The normalized spacial score (nSPS) is 13.4. The molecule has 32 heavy (non-hydrogen) atoms. The van der Waals surface area contributed by atoms with Crippen LogP contribution < -0.4 is 20.7 Å². The first kappa shape index (κ1) is 21.1. The Morgan fingerprint density at radius 2 is 1.91 bits per heavy atom. The number of benzene rings is 2. The van der Waals surface area contributed by atoms with E-state index in [-0.39, 0.29) is 12.1 Å². The lowest BCUT2D eigenvalue weighted by atomic mass is 10.0. The Kier molecular flexibility index (Phi) is 5.63. The molecule has 0 radical (unpaired) electrons. The molecule has 0 bridgehead atoms. The highest BCUT2D eigenvalue weighted by Gasteiger charge is 2.17. The fraction of sp³-hybridized carbons (Fsp3) is 0.174. The smallest absolute Gasteiger partial charge is 0.331 e. The molecule has 0 amide bonds. The molecule has 164 valence electrons. The predicted octanol–water partition coefficient (Wildman–Crippen LogP) is 2.90. The van der Waals surface area contributed by atoms with Crippen molar-refractivity contribution in [1.29, 1.82) is 0 Å². The number of aromatic nitrogens is 2. The molecule has 0 saturated carbocycles. The molecule has 0 saturated heterocycles. The fourth-order valence-corrected chi connectivity index (χ4v) is 3.52. The Hall–Kier alpha value is -4.14. The molecule has 1 aliphatic rings. The summed E-state index contributed by atoms with van der Waals surface area (Å²) >= 11 is 0. The van der Waals surface area contributed by atoms with E-state index in [0.29, 0.717) is 34.7 Å². The van der Waals surface area contributed by atoms with E-state index in [0.717, 1.165) is 10.1 Å². The zero-order valence-electron chi connectivity index (χ0n) is 17.4. The van der Waals surface area contributed by atoms with Gasteiger partial charge >= 0.3 is 5.69 Å². The molecule has 4 rings (SSSR count). The molecule has 2 aromatic carbocycles. The Bertz CT molecular complexity index is 1370. The molecule has 1 aromatic heterocycles. The molecule has 2 heterocycles. The van der Waals surface area contributed by atoms with Gasteiger partial charge in [0.25, 0.3) is 5.56 Å². The number of fused-ring (bicyclic) bond motifs is 1. The van der Waals surface area contributed by atoms with E-state index in [1.807, 2.05) is 6.07 Å². The molecule has 0 aliphatic carbocycles. The molecule has 0 spiro atoms. The van der Waals surface area contributed by atoms with Crippen molar-refractivity contribution in [2.24, 2.45) is 4.99 Å². The molecule has 0 atom stereocenters. The van der Waals surface area contributed by atoms with Crippen LogP contribution in [0.1, 0.15) is 16.7 Å². The van der Waals surface area contributed by atoms with Crippen molar-refractivity contribution >= 4 is 23.6 Å². The van der Waals surface area contributed by atoms with Gasteiger partial charge in [-0.2, -0.15) is 0 Å². The summed E-state index contributed by atoms with van der Waals surface area (Å²) in [5, 5.41) is 10.7. The highest BCUT2D eigenvalue weighted by Crippen LogP contribution is 2.33. The van der Waals surface area contributed by atoms with Gasteiger partial charge in [-0.05, 0) is 42.3 Å². The quantitative estimate of drug-likeness (QED) is 0.617. The molecule has 0 unspecified atom stereocenters. The van der Waals surface area contributed by atoms with E-state index in [9.17, 15) is 19.1 Å². The van der Waals surface area contributed by atoms with Crippen LogP contribution in [0.15, 0.2) is 51.0 Å². The van der Waals surface area contributed by atoms with Gasteiger partial charge in [0.2, 0.25) is 5.88 Å². The number of nitrogens with zero attached hydrogens (tertiary/aromatic N) is 2. The number of aromatic amines is 1. The number of methoxy groups -OCH3 is 2. The number of hydrogen-bond acceptors (Lipinski definition) is 6. The number of halogens is 1. The van der Waals surface area contributed by atoms with E-state index >= 15 is 0 Å². The summed E-state index contributed by atoms with van der Waals surface area (Å²) in [4.78, 5) is 31.1. The standard InChI is InChI=1S/C23H20FN3O5/c1-31-19-6-3-13(9-20(19)32-2)7-8-27-22(29)17(21(28)26-23(27)30)10-14-12-25-18-11-15(24)4-5-16(14)18/h3-6,9-12,29H,7-8H2,1-2H3,(H,26,28,30).